The molecular formula is C9H10F2N2O3. The lowest BCUT2D eigenvalue weighted by Gasteiger charge is -2.07. The van der Waals surface area contributed by atoms with Crippen molar-refractivity contribution < 1.29 is 18.7 Å². The van der Waals surface area contributed by atoms with E-state index in [4.69, 9.17) is 5.11 Å². The molecule has 1 rings (SSSR count). The van der Waals surface area contributed by atoms with Crippen molar-refractivity contribution in [2.75, 3.05) is 0 Å². The van der Waals surface area contributed by atoms with Crippen LogP contribution in [0.1, 0.15) is 23.0 Å². The molecule has 88 valence electrons. The summed E-state index contributed by atoms with van der Waals surface area (Å²) in [6.07, 6.45) is -1.53. The summed E-state index contributed by atoms with van der Waals surface area (Å²) in [5.74, 6) is -1.45. The van der Waals surface area contributed by atoms with Crippen LogP contribution in [0.4, 0.5) is 8.78 Å². The van der Waals surface area contributed by atoms with Gasteiger partial charge in [-0.3, -0.25) is 9.36 Å². The maximum Gasteiger partial charge on any atom is 0.343 e. The summed E-state index contributed by atoms with van der Waals surface area (Å²) < 4.78 is 24.8. The van der Waals surface area contributed by atoms with Gasteiger partial charge >= 0.3 is 5.97 Å². The van der Waals surface area contributed by atoms with Crippen LogP contribution in [0.3, 0.4) is 0 Å². The van der Waals surface area contributed by atoms with Crippen LogP contribution < -0.4 is 5.56 Å². The summed E-state index contributed by atoms with van der Waals surface area (Å²) in [6, 6.07) is 0. The minimum atomic E-state index is -2.73. The lowest BCUT2D eigenvalue weighted by Crippen LogP contribution is -2.30. The minimum absolute atomic E-state index is 0.100. The van der Waals surface area contributed by atoms with Crippen LogP contribution in [-0.2, 0) is 13.0 Å². The van der Waals surface area contributed by atoms with Crippen LogP contribution in [-0.4, -0.2) is 27.1 Å². The highest BCUT2D eigenvalue weighted by Gasteiger charge is 2.18. The molecule has 0 aromatic carbocycles. The van der Waals surface area contributed by atoms with Crippen LogP contribution in [0.5, 0.6) is 0 Å². The maximum absolute atomic E-state index is 12.1. The van der Waals surface area contributed by atoms with E-state index in [-0.39, 0.29) is 12.1 Å². The second-order valence-electron chi connectivity index (χ2n) is 3.07. The molecule has 0 saturated heterocycles. The van der Waals surface area contributed by atoms with E-state index in [2.05, 4.69) is 4.98 Å². The number of hydrogen-bond acceptors (Lipinski definition) is 3. The second kappa shape index (κ2) is 4.82. The molecule has 0 aliphatic rings. The fraction of sp³-hybridized carbons (Fsp3) is 0.444. The smallest absolute Gasteiger partial charge is 0.343 e. The number of carboxylic acid groups (broad SMARTS) is 1. The third-order valence-electron chi connectivity index (χ3n) is 2.00. The van der Waals surface area contributed by atoms with Crippen molar-refractivity contribution in [1.82, 2.24) is 9.55 Å². The Balaban J connectivity index is 3.32. The van der Waals surface area contributed by atoms with Crippen LogP contribution in [0, 0.1) is 0 Å². The van der Waals surface area contributed by atoms with Gasteiger partial charge in [0.1, 0.15) is 5.56 Å². The van der Waals surface area contributed by atoms with Gasteiger partial charge in [-0.1, -0.05) is 6.92 Å². The van der Waals surface area contributed by atoms with E-state index in [0.29, 0.717) is 4.57 Å². The van der Waals surface area contributed by atoms with Crippen molar-refractivity contribution in [3.05, 3.63) is 27.9 Å². The van der Waals surface area contributed by atoms with E-state index in [0.717, 1.165) is 6.33 Å². The first-order valence-electron chi connectivity index (χ1n) is 4.57. The number of carbonyl (C=O) groups is 1. The van der Waals surface area contributed by atoms with E-state index in [1.165, 1.54) is 0 Å². The Morgan fingerprint density at radius 3 is 2.69 bits per heavy atom. The molecule has 7 heteroatoms. The highest BCUT2D eigenvalue weighted by atomic mass is 19.3. The number of halogens is 2. The van der Waals surface area contributed by atoms with Gasteiger partial charge in [0.2, 0.25) is 0 Å². The average Bonchev–Trinajstić information content (AvgIpc) is 2.19. The lowest BCUT2D eigenvalue weighted by atomic mass is 10.2. The van der Waals surface area contributed by atoms with Gasteiger partial charge in [-0.05, 0) is 6.42 Å². The summed E-state index contributed by atoms with van der Waals surface area (Å²) in [5.41, 5.74) is -1.38. The number of carboxylic acids is 1. The quantitative estimate of drug-likeness (QED) is 0.832. The summed E-state index contributed by atoms with van der Waals surface area (Å²) >= 11 is 0. The Morgan fingerprint density at radius 1 is 1.62 bits per heavy atom. The number of aryl methyl sites for hydroxylation is 1. The van der Waals surface area contributed by atoms with Gasteiger partial charge < -0.3 is 5.11 Å². The Kier molecular flexibility index (Phi) is 3.70. The predicted molar refractivity (Wildman–Crippen MR) is 50.8 cm³/mol. The molecule has 1 aromatic rings. The third kappa shape index (κ3) is 2.41. The zero-order chi connectivity index (χ0) is 12.3. The van der Waals surface area contributed by atoms with Crippen molar-refractivity contribution in [2.24, 2.45) is 0 Å². The van der Waals surface area contributed by atoms with E-state index in [1.54, 1.807) is 6.92 Å². The number of nitrogens with zero attached hydrogens (tertiary/aromatic N) is 2. The molecule has 0 fully saturated rings. The number of hydrogen-bond donors (Lipinski definition) is 1. The minimum Gasteiger partial charge on any atom is -0.477 e. The van der Waals surface area contributed by atoms with Crippen LogP contribution in [0.25, 0.3) is 0 Å². The van der Waals surface area contributed by atoms with E-state index >= 15 is 0 Å². The molecule has 0 spiro atoms. The average molecular weight is 232 g/mol. The molecule has 0 radical (unpaired) electrons. The molecule has 1 aromatic heterocycles. The lowest BCUT2D eigenvalue weighted by molar-refractivity contribution is 0.0689. The Hall–Kier alpha value is -1.79. The molecule has 0 saturated carbocycles. The Labute approximate surface area is 89.4 Å². The fourth-order valence-corrected chi connectivity index (χ4v) is 1.29. The zero-order valence-electron chi connectivity index (χ0n) is 8.48. The van der Waals surface area contributed by atoms with Crippen LogP contribution in [0.2, 0.25) is 0 Å². The second-order valence-corrected chi connectivity index (χ2v) is 3.07. The summed E-state index contributed by atoms with van der Waals surface area (Å²) in [6.45, 7) is 0.780. The topological polar surface area (TPSA) is 72.2 Å². The number of alkyl halides is 2. The monoisotopic (exact) mass is 232 g/mol. The van der Waals surface area contributed by atoms with Crippen LogP contribution >= 0.6 is 0 Å². The first kappa shape index (κ1) is 12.3. The molecule has 1 N–H and O–H groups in total. The molecular weight excluding hydrogens is 222 g/mol. The molecule has 0 aliphatic heterocycles. The largest absolute Gasteiger partial charge is 0.477 e. The van der Waals surface area contributed by atoms with Gasteiger partial charge in [-0.15, -0.1) is 0 Å². The van der Waals surface area contributed by atoms with Crippen molar-refractivity contribution in [3.63, 3.8) is 0 Å². The van der Waals surface area contributed by atoms with Gasteiger partial charge in [0.15, 0.2) is 0 Å². The van der Waals surface area contributed by atoms with E-state index in [9.17, 15) is 18.4 Å². The number of rotatable bonds is 4. The molecule has 0 unspecified atom stereocenters. The first-order chi connectivity index (χ1) is 7.47. The van der Waals surface area contributed by atoms with Gasteiger partial charge in [0.25, 0.3) is 12.0 Å². The normalized spacial score (nSPS) is 10.8. The molecule has 0 bridgehead atoms. The van der Waals surface area contributed by atoms with Gasteiger partial charge in [-0.2, -0.15) is 0 Å². The van der Waals surface area contributed by atoms with E-state index in [1.807, 2.05) is 0 Å². The molecule has 16 heavy (non-hydrogen) atoms. The van der Waals surface area contributed by atoms with Crippen molar-refractivity contribution in [3.8, 4) is 0 Å². The molecule has 0 aliphatic carbocycles. The number of aromatic carboxylic acids is 1. The summed E-state index contributed by atoms with van der Waals surface area (Å²) in [4.78, 5) is 26.0. The van der Waals surface area contributed by atoms with Crippen molar-refractivity contribution in [2.45, 2.75) is 26.3 Å². The summed E-state index contributed by atoms with van der Waals surface area (Å²) in [5, 5.41) is 8.80. The zero-order valence-corrected chi connectivity index (χ0v) is 8.48. The standard InChI is InChI=1S/C9H10F2N2O3/c1-2-5-7(9(15)16)8(14)13(4-12-5)3-6(10)11/h4,6H,2-3H2,1H3,(H,15,16). The summed E-state index contributed by atoms with van der Waals surface area (Å²) in [7, 11) is 0. The third-order valence-corrected chi connectivity index (χ3v) is 2.00. The Bertz CT molecular complexity index is 457. The SMILES string of the molecule is CCc1ncn(CC(F)F)c(=O)c1C(=O)O. The highest BCUT2D eigenvalue weighted by molar-refractivity contribution is 5.88. The Morgan fingerprint density at radius 2 is 2.25 bits per heavy atom. The maximum atomic E-state index is 12.1. The molecule has 1 heterocycles. The van der Waals surface area contributed by atoms with Gasteiger partial charge in [-0.25, -0.2) is 18.6 Å². The van der Waals surface area contributed by atoms with E-state index < -0.39 is 30.1 Å². The number of aromatic nitrogens is 2. The van der Waals surface area contributed by atoms with Gasteiger partial charge in [0.05, 0.1) is 18.6 Å². The van der Waals surface area contributed by atoms with Gasteiger partial charge in [0, 0.05) is 0 Å². The fourth-order valence-electron chi connectivity index (χ4n) is 1.29. The van der Waals surface area contributed by atoms with Crippen molar-refractivity contribution in [1.29, 1.82) is 0 Å². The predicted octanol–water partition coefficient (Wildman–Crippen LogP) is 0.769. The molecule has 5 nitrogen and oxygen atoms in total. The highest BCUT2D eigenvalue weighted by Crippen LogP contribution is 2.02. The first-order valence-corrected chi connectivity index (χ1v) is 4.57. The molecule has 0 amide bonds. The molecule has 0 atom stereocenters. The van der Waals surface area contributed by atoms with Crippen molar-refractivity contribution >= 4 is 5.97 Å². The van der Waals surface area contributed by atoms with Crippen LogP contribution in [0.15, 0.2) is 11.1 Å².